The van der Waals surface area contributed by atoms with Gasteiger partial charge in [-0.3, -0.25) is 4.79 Å². The number of rotatable bonds is 3. The number of carbonyl (C=O) groups excluding carboxylic acids is 1. The maximum Gasteiger partial charge on any atom is 0.293 e. The number of hydrogen-bond donors (Lipinski definition) is 2. The monoisotopic (exact) mass is 380 g/mol. The van der Waals surface area contributed by atoms with Crippen LogP contribution in [0, 0.1) is 11.8 Å². The van der Waals surface area contributed by atoms with Gasteiger partial charge in [0.1, 0.15) is 12.1 Å². The predicted octanol–water partition coefficient (Wildman–Crippen LogP) is 3.17. The zero-order valence-corrected chi connectivity index (χ0v) is 14.2. The molecule has 3 N–H and O–H groups in total. The number of carbonyl (C=O) groups is 1. The highest BCUT2D eigenvalue weighted by Crippen LogP contribution is 2.25. The normalized spacial score (nSPS) is 10.0. The molecule has 6 heteroatoms. The Hall–Kier alpha value is -2.91. The maximum absolute atomic E-state index is 10.7. The van der Waals surface area contributed by atoms with E-state index < -0.39 is 5.91 Å². The van der Waals surface area contributed by atoms with E-state index in [1.807, 2.05) is 42.5 Å². The number of nitrogens with two attached hydrogens (primary N) is 1. The highest BCUT2D eigenvalue weighted by Gasteiger charge is 2.05. The average molecular weight is 381 g/mol. The summed E-state index contributed by atoms with van der Waals surface area (Å²) >= 11 is 3.45. The summed E-state index contributed by atoms with van der Waals surface area (Å²) in [4.78, 5) is 19.3. The molecule has 0 atom stereocenters. The third-order valence-corrected chi connectivity index (χ3v) is 3.78. The molecule has 118 valence electrons. The van der Waals surface area contributed by atoms with Gasteiger partial charge < -0.3 is 11.1 Å². The average Bonchev–Trinajstić information content (AvgIpc) is 2.55. The van der Waals surface area contributed by atoms with Crippen LogP contribution >= 0.6 is 15.9 Å². The molecule has 0 aliphatic rings. The summed E-state index contributed by atoms with van der Waals surface area (Å²) < 4.78 is 0.980. The Morgan fingerprint density at radius 1 is 1.21 bits per heavy atom. The quantitative estimate of drug-likeness (QED) is 0.683. The molecule has 2 aromatic carbocycles. The first-order valence-corrected chi connectivity index (χ1v) is 7.95. The van der Waals surface area contributed by atoms with Crippen LogP contribution in [0.3, 0.4) is 0 Å². The largest absolute Gasteiger partial charge is 0.359 e. The molecule has 0 saturated heterocycles. The molecule has 0 radical (unpaired) electrons. The van der Waals surface area contributed by atoms with Gasteiger partial charge in [-0.2, -0.15) is 0 Å². The van der Waals surface area contributed by atoms with Crippen molar-refractivity contribution in [3.05, 3.63) is 58.8 Å². The Balaban J connectivity index is 1.95. The van der Waals surface area contributed by atoms with Gasteiger partial charge in [-0.05, 0) is 41.8 Å². The van der Waals surface area contributed by atoms with Crippen molar-refractivity contribution in [2.24, 2.45) is 5.73 Å². The number of nitrogens with one attached hydrogen (secondary N) is 1. The SMILES string of the molecule is NC(=O)C#CCc1ccc2ncnc(Nc3cccc(Br)c3)c2c1. The first-order chi connectivity index (χ1) is 11.6. The Morgan fingerprint density at radius 2 is 2.08 bits per heavy atom. The van der Waals surface area contributed by atoms with E-state index in [1.165, 1.54) is 6.33 Å². The Kier molecular flexibility index (Phi) is 4.73. The topological polar surface area (TPSA) is 80.9 Å². The fourth-order valence-corrected chi connectivity index (χ4v) is 2.65. The lowest BCUT2D eigenvalue weighted by Crippen LogP contribution is -2.06. The standard InChI is InChI=1S/C18H13BrN4O/c19-13-4-2-5-14(10-13)23-18-15-9-12(3-1-6-17(20)24)7-8-16(15)21-11-22-18/h2,4-5,7-11H,3H2,(H2,20,24)(H,21,22,23). The van der Waals surface area contributed by atoms with Crippen molar-refractivity contribution in [1.29, 1.82) is 0 Å². The van der Waals surface area contributed by atoms with Crippen LogP contribution in [0.1, 0.15) is 5.56 Å². The number of amides is 1. The lowest BCUT2D eigenvalue weighted by molar-refractivity contribution is -0.112. The summed E-state index contributed by atoms with van der Waals surface area (Å²) in [6.45, 7) is 0. The molecular formula is C18H13BrN4O. The van der Waals surface area contributed by atoms with Gasteiger partial charge in [-0.1, -0.05) is 34.0 Å². The first-order valence-electron chi connectivity index (χ1n) is 7.16. The molecule has 3 rings (SSSR count). The summed E-state index contributed by atoms with van der Waals surface area (Å²) in [6, 6.07) is 13.6. The lowest BCUT2D eigenvalue weighted by Gasteiger charge is -2.09. The highest BCUT2D eigenvalue weighted by molar-refractivity contribution is 9.10. The van der Waals surface area contributed by atoms with Crippen molar-refractivity contribution in [1.82, 2.24) is 9.97 Å². The molecule has 3 aromatic rings. The van der Waals surface area contributed by atoms with E-state index in [9.17, 15) is 4.79 Å². The van der Waals surface area contributed by atoms with E-state index in [-0.39, 0.29) is 0 Å². The number of anilines is 2. The van der Waals surface area contributed by atoms with Crippen molar-refractivity contribution < 1.29 is 4.79 Å². The molecule has 0 bridgehead atoms. The van der Waals surface area contributed by atoms with Crippen molar-refractivity contribution in [2.45, 2.75) is 6.42 Å². The summed E-state index contributed by atoms with van der Waals surface area (Å²) in [5.74, 6) is 5.17. The molecule has 0 fully saturated rings. The number of hydrogen-bond acceptors (Lipinski definition) is 4. The van der Waals surface area contributed by atoms with Crippen LogP contribution in [0.2, 0.25) is 0 Å². The number of aromatic nitrogens is 2. The zero-order chi connectivity index (χ0) is 16.9. The second kappa shape index (κ2) is 7.11. The van der Waals surface area contributed by atoms with Crippen LogP contribution in [0.4, 0.5) is 11.5 Å². The van der Waals surface area contributed by atoms with E-state index in [1.54, 1.807) is 0 Å². The molecule has 0 unspecified atom stereocenters. The molecule has 0 aliphatic carbocycles. The smallest absolute Gasteiger partial charge is 0.293 e. The minimum Gasteiger partial charge on any atom is -0.359 e. The third kappa shape index (κ3) is 3.89. The Labute approximate surface area is 147 Å². The molecule has 1 heterocycles. The summed E-state index contributed by atoms with van der Waals surface area (Å²) in [7, 11) is 0. The van der Waals surface area contributed by atoms with Crippen LogP contribution in [-0.2, 0) is 11.2 Å². The van der Waals surface area contributed by atoms with Crippen LogP contribution in [0.25, 0.3) is 10.9 Å². The van der Waals surface area contributed by atoms with E-state index in [4.69, 9.17) is 5.73 Å². The first kappa shape index (κ1) is 16.0. The molecule has 0 saturated carbocycles. The predicted molar refractivity (Wildman–Crippen MR) is 97.6 cm³/mol. The number of halogens is 1. The van der Waals surface area contributed by atoms with E-state index in [0.29, 0.717) is 12.2 Å². The minimum atomic E-state index is -0.629. The fourth-order valence-electron chi connectivity index (χ4n) is 2.25. The Morgan fingerprint density at radius 3 is 2.88 bits per heavy atom. The number of fused-ring (bicyclic) bond motifs is 1. The van der Waals surface area contributed by atoms with Gasteiger partial charge in [-0.15, -0.1) is 0 Å². The third-order valence-electron chi connectivity index (χ3n) is 3.29. The summed E-state index contributed by atoms with van der Waals surface area (Å²) in [5.41, 5.74) is 7.73. The highest BCUT2D eigenvalue weighted by atomic mass is 79.9. The van der Waals surface area contributed by atoms with Crippen molar-refractivity contribution in [3.63, 3.8) is 0 Å². The van der Waals surface area contributed by atoms with Crippen LogP contribution in [0.15, 0.2) is 53.3 Å². The maximum atomic E-state index is 10.7. The zero-order valence-electron chi connectivity index (χ0n) is 12.6. The van der Waals surface area contributed by atoms with E-state index >= 15 is 0 Å². The molecule has 1 aromatic heterocycles. The summed E-state index contributed by atoms with van der Waals surface area (Å²) in [5, 5.41) is 4.18. The second-order valence-electron chi connectivity index (χ2n) is 5.05. The number of primary amides is 1. The number of benzene rings is 2. The lowest BCUT2D eigenvalue weighted by atomic mass is 10.1. The molecule has 24 heavy (non-hydrogen) atoms. The molecule has 1 amide bonds. The molecular weight excluding hydrogens is 368 g/mol. The van der Waals surface area contributed by atoms with Gasteiger partial charge >= 0.3 is 0 Å². The van der Waals surface area contributed by atoms with Gasteiger partial charge in [0.05, 0.1) is 5.52 Å². The van der Waals surface area contributed by atoms with Crippen LogP contribution < -0.4 is 11.1 Å². The van der Waals surface area contributed by atoms with Crippen molar-refractivity contribution >= 4 is 44.2 Å². The fraction of sp³-hybridized carbons (Fsp3) is 0.0556. The molecule has 0 aliphatic heterocycles. The van der Waals surface area contributed by atoms with Crippen LogP contribution in [0.5, 0.6) is 0 Å². The number of nitrogens with zero attached hydrogens (tertiary/aromatic N) is 2. The summed E-state index contributed by atoms with van der Waals surface area (Å²) in [6.07, 6.45) is 1.96. The van der Waals surface area contributed by atoms with Gasteiger partial charge in [-0.25, -0.2) is 9.97 Å². The van der Waals surface area contributed by atoms with Crippen molar-refractivity contribution in [2.75, 3.05) is 5.32 Å². The van der Waals surface area contributed by atoms with E-state index in [2.05, 4.69) is 43.1 Å². The van der Waals surface area contributed by atoms with Gasteiger partial charge in [0.25, 0.3) is 5.91 Å². The van der Waals surface area contributed by atoms with Crippen molar-refractivity contribution in [3.8, 4) is 11.8 Å². The van der Waals surface area contributed by atoms with E-state index in [0.717, 1.165) is 26.6 Å². The molecule has 5 nitrogen and oxygen atoms in total. The van der Waals surface area contributed by atoms with Crippen LogP contribution in [-0.4, -0.2) is 15.9 Å². The van der Waals surface area contributed by atoms with Gasteiger partial charge in [0, 0.05) is 22.0 Å². The molecule has 0 spiro atoms. The van der Waals surface area contributed by atoms with Gasteiger partial charge in [0.2, 0.25) is 0 Å². The van der Waals surface area contributed by atoms with Gasteiger partial charge in [0.15, 0.2) is 0 Å². The Bertz CT molecular complexity index is 975. The minimum absolute atomic E-state index is 0.435. The second-order valence-corrected chi connectivity index (χ2v) is 5.97.